The van der Waals surface area contributed by atoms with Gasteiger partial charge in [0.05, 0.1) is 24.9 Å². The number of carbonyl (C=O) groups is 1. The molecule has 1 rings (SSSR count). The lowest BCUT2D eigenvalue weighted by Gasteiger charge is -2.13. The number of nitriles is 2. The minimum atomic E-state index is -0.742. The number of methoxy groups -OCH3 is 1. The Balaban J connectivity index is 2.87. The lowest BCUT2D eigenvalue weighted by Crippen LogP contribution is -2.13. The molecular formula is C14H16N4O2. The van der Waals surface area contributed by atoms with Crippen LogP contribution in [-0.2, 0) is 4.79 Å². The Bertz CT molecular complexity index is 543. The molecule has 0 bridgehead atoms. The van der Waals surface area contributed by atoms with Crippen molar-refractivity contribution in [2.45, 2.75) is 13.3 Å². The van der Waals surface area contributed by atoms with E-state index in [9.17, 15) is 4.79 Å². The van der Waals surface area contributed by atoms with E-state index in [0.29, 0.717) is 23.5 Å². The van der Waals surface area contributed by atoms with Crippen LogP contribution in [0.5, 0.6) is 5.75 Å². The van der Waals surface area contributed by atoms with Crippen LogP contribution in [-0.4, -0.2) is 19.6 Å². The minimum Gasteiger partial charge on any atom is -0.495 e. The Labute approximate surface area is 118 Å². The number of rotatable bonds is 6. The zero-order valence-corrected chi connectivity index (χ0v) is 11.4. The second kappa shape index (κ2) is 7.65. The molecule has 0 aliphatic rings. The second-order valence-electron chi connectivity index (χ2n) is 4.01. The maximum Gasteiger partial charge on any atom is 0.224 e. The van der Waals surface area contributed by atoms with E-state index in [-0.39, 0.29) is 12.5 Å². The molecule has 6 nitrogen and oxygen atoms in total. The van der Waals surface area contributed by atoms with E-state index >= 15 is 0 Å². The lowest BCUT2D eigenvalue weighted by atomic mass is 10.2. The van der Waals surface area contributed by atoms with Crippen LogP contribution in [0.15, 0.2) is 18.2 Å². The number of benzene rings is 1. The highest BCUT2D eigenvalue weighted by Gasteiger charge is 2.09. The minimum absolute atomic E-state index is 0.0898. The number of ether oxygens (including phenoxy) is 1. The molecule has 0 heterocycles. The van der Waals surface area contributed by atoms with E-state index in [1.54, 1.807) is 25.1 Å². The highest BCUT2D eigenvalue weighted by atomic mass is 16.5. The van der Waals surface area contributed by atoms with Crippen molar-refractivity contribution in [2.75, 3.05) is 24.3 Å². The predicted molar refractivity (Wildman–Crippen MR) is 75.1 cm³/mol. The number of hydrogen-bond acceptors (Lipinski definition) is 5. The van der Waals surface area contributed by atoms with Gasteiger partial charge in [0.15, 0.2) is 0 Å². The average Bonchev–Trinajstić information content (AvgIpc) is 2.48. The van der Waals surface area contributed by atoms with Crippen LogP contribution in [0.4, 0.5) is 11.4 Å². The van der Waals surface area contributed by atoms with E-state index in [1.165, 1.54) is 7.11 Å². The Morgan fingerprint density at radius 1 is 1.40 bits per heavy atom. The van der Waals surface area contributed by atoms with Crippen molar-refractivity contribution in [1.29, 1.82) is 10.5 Å². The molecule has 6 heteroatoms. The Morgan fingerprint density at radius 3 is 2.65 bits per heavy atom. The summed E-state index contributed by atoms with van der Waals surface area (Å²) >= 11 is 0. The molecule has 1 aromatic rings. The summed E-state index contributed by atoms with van der Waals surface area (Å²) in [6.45, 7) is 1.96. The first-order chi connectivity index (χ1) is 9.64. The third-order valence-corrected chi connectivity index (χ3v) is 2.61. The third-order valence-electron chi connectivity index (χ3n) is 2.61. The normalized spacial score (nSPS) is 9.45. The molecule has 0 radical (unpaired) electrons. The fraction of sp³-hybridized carbons (Fsp3) is 0.357. The van der Waals surface area contributed by atoms with Gasteiger partial charge in [0.25, 0.3) is 0 Å². The molecule has 0 saturated carbocycles. The number of nitrogens with one attached hydrogen (secondary N) is 2. The van der Waals surface area contributed by atoms with Gasteiger partial charge in [0.1, 0.15) is 11.7 Å². The van der Waals surface area contributed by atoms with E-state index in [2.05, 4.69) is 10.6 Å². The molecule has 20 heavy (non-hydrogen) atoms. The number of carbonyl (C=O) groups excluding carboxylic acids is 1. The summed E-state index contributed by atoms with van der Waals surface area (Å²) in [5.74, 6) is -0.254. The van der Waals surface area contributed by atoms with Gasteiger partial charge in [-0.25, -0.2) is 0 Å². The van der Waals surface area contributed by atoms with E-state index in [0.717, 1.165) is 0 Å². The number of hydrogen-bond donors (Lipinski definition) is 2. The summed E-state index contributed by atoms with van der Waals surface area (Å²) in [6.07, 6.45) is 0.389. The van der Waals surface area contributed by atoms with E-state index in [1.807, 2.05) is 12.1 Å². The number of amides is 1. The van der Waals surface area contributed by atoms with Crippen molar-refractivity contribution in [3.63, 3.8) is 0 Å². The molecule has 0 unspecified atom stereocenters. The van der Waals surface area contributed by atoms with Crippen molar-refractivity contribution < 1.29 is 9.53 Å². The zero-order chi connectivity index (χ0) is 15.0. The van der Waals surface area contributed by atoms with Gasteiger partial charge in [-0.3, -0.25) is 4.79 Å². The van der Waals surface area contributed by atoms with Gasteiger partial charge in [-0.2, -0.15) is 10.5 Å². The SMILES string of the molecule is CCC(=O)Nc1ccc(OC)c(NCC(C#N)C#N)c1. The van der Waals surface area contributed by atoms with Crippen molar-refractivity contribution in [1.82, 2.24) is 0 Å². The van der Waals surface area contributed by atoms with Crippen LogP contribution < -0.4 is 15.4 Å². The van der Waals surface area contributed by atoms with Gasteiger partial charge >= 0.3 is 0 Å². The van der Waals surface area contributed by atoms with E-state index in [4.69, 9.17) is 15.3 Å². The van der Waals surface area contributed by atoms with E-state index < -0.39 is 5.92 Å². The average molecular weight is 272 g/mol. The largest absolute Gasteiger partial charge is 0.495 e. The summed E-state index contributed by atoms with van der Waals surface area (Å²) in [6, 6.07) is 8.90. The predicted octanol–water partition coefficient (Wildman–Crippen LogP) is 2.12. The van der Waals surface area contributed by atoms with Crippen LogP contribution in [0.3, 0.4) is 0 Å². The molecule has 104 valence electrons. The smallest absolute Gasteiger partial charge is 0.224 e. The van der Waals surface area contributed by atoms with Crippen molar-refractivity contribution in [3.05, 3.63) is 18.2 Å². The van der Waals surface area contributed by atoms with Crippen LogP contribution in [0.1, 0.15) is 13.3 Å². The zero-order valence-electron chi connectivity index (χ0n) is 11.4. The monoisotopic (exact) mass is 272 g/mol. The van der Waals surface area contributed by atoms with Crippen molar-refractivity contribution >= 4 is 17.3 Å². The molecular weight excluding hydrogens is 256 g/mol. The number of anilines is 2. The lowest BCUT2D eigenvalue weighted by molar-refractivity contribution is -0.115. The first-order valence-corrected chi connectivity index (χ1v) is 6.15. The van der Waals surface area contributed by atoms with Gasteiger partial charge in [-0.15, -0.1) is 0 Å². The molecule has 0 aliphatic heterocycles. The Morgan fingerprint density at radius 2 is 2.10 bits per heavy atom. The summed E-state index contributed by atoms with van der Waals surface area (Å²) in [4.78, 5) is 11.4. The highest BCUT2D eigenvalue weighted by molar-refractivity contribution is 5.91. The van der Waals surface area contributed by atoms with Gasteiger partial charge < -0.3 is 15.4 Å². The molecule has 0 saturated heterocycles. The van der Waals surface area contributed by atoms with Crippen molar-refractivity contribution in [2.24, 2.45) is 5.92 Å². The first kappa shape index (κ1) is 15.3. The third kappa shape index (κ3) is 4.18. The van der Waals surface area contributed by atoms with Gasteiger partial charge in [0, 0.05) is 18.7 Å². The second-order valence-corrected chi connectivity index (χ2v) is 4.01. The fourth-order valence-corrected chi connectivity index (χ4v) is 1.51. The van der Waals surface area contributed by atoms with Gasteiger partial charge in [-0.1, -0.05) is 6.92 Å². The summed E-state index contributed by atoms with van der Waals surface area (Å²) in [5, 5.41) is 23.2. The van der Waals surface area contributed by atoms with Crippen LogP contribution in [0.2, 0.25) is 0 Å². The van der Waals surface area contributed by atoms with Crippen LogP contribution >= 0.6 is 0 Å². The van der Waals surface area contributed by atoms with Crippen molar-refractivity contribution in [3.8, 4) is 17.9 Å². The molecule has 0 fully saturated rings. The Hall–Kier alpha value is -2.73. The molecule has 1 aromatic carbocycles. The number of nitrogens with zero attached hydrogens (tertiary/aromatic N) is 2. The molecule has 0 aliphatic carbocycles. The maximum absolute atomic E-state index is 11.4. The molecule has 0 atom stereocenters. The van der Waals surface area contributed by atoms with Gasteiger partial charge in [0.2, 0.25) is 5.91 Å². The topological polar surface area (TPSA) is 97.9 Å². The molecule has 1 amide bonds. The summed E-state index contributed by atoms with van der Waals surface area (Å²) in [5.41, 5.74) is 1.25. The highest BCUT2D eigenvalue weighted by Crippen LogP contribution is 2.28. The molecule has 0 aromatic heterocycles. The fourth-order valence-electron chi connectivity index (χ4n) is 1.51. The quantitative estimate of drug-likeness (QED) is 0.826. The van der Waals surface area contributed by atoms with Crippen LogP contribution in [0.25, 0.3) is 0 Å². The standard InChI is InChI=1S/C14H16N4O2/c1-3-14(19)18-11-4-5-13(20-2)12(6-11)17-9-10(7-15)8-16/h4-6,10,17H,3,9H2,1-2H3,(H,18,19). The summed E-state index contributed by atoms with van der Waals surface area (Å²) in [7, 11) is 1.52. The Kier molecular flexibility index (Phi) is 5.86. The maximum atomic E-state index is 11.4. The van der Waals surface area contributed by atoms with Crippen LogP contribution in [0, 0.1) is 28.6 Å². The molecule has 0 spiro atoms. The van der Waals surface area contributed by atoms with Gasteiger partial charge in [-0.05, 0) is 18.2 Å². The molecule has 2 N–H and O–H groups in total. The first-order valence-electron chi connectivity index (χ1n) is 6.15. The summed E-state index contributed by atoms with van der Waals surface area (Å²) < 4.78 is 5.19.